The van der Waals surface area contributed by atoms with Gasteiger partial charge in [0.1, 0.15) is 5.75 Å². The summed E-state index contributed by atoms with van der Waals surface area (Å²) in [4.78, 5) is 11.8. The van der Waals surface area contributed by atoms with Crippen molar-refractivity contribution in [2.45, 2.75) is 46.6 Å². The highest BCUT2D eigenvalue weighted by Crippen LogP contribution is 2.19. The Morgan fingerprint density at radius 1 is 1.38 bits per heavy atom. The summed E-state index contributed by atoms with van der Waals surface area (Å²) in [6.07, 6.45) is 1.67. The molecule has 0 atom stereocenters. The standard InChI is InChI=1S/C14H20O2/c1-5-6-14(15)13-8-7-12(9-11(13)4)16-10(2)3/h7-10H,5-6H2,1-4H3. The molecule has 0 radical (unpaired) electrons. The zero-order valence-corrected chi connectivity index (χ0v) is 10.5. The average molecular weight is 220 g/mol. The van der Waals surface area contributed by atoms with Crippen LogP contribution in [0.1, 0.15) is 49.5 Å². The van der Waals surface area contributed by atoms with Crippen molar-refractivity contribution < 1.29 is 9.53 Å². The molecule has 0 amide bonds. The first-order valence-corrected chi connectivity index (χ1v) is 5.85. The van der Waals surface area contributed by atoms with Crippen LogP contribution in [0.4, 0.5) is 0 Å². The fourth-order valence-corrected chi connectivity index (χ4v) is 1.66. The second-order valence-corrected chi connectivity index (χ2v) is 4.32. The molecule has 2 heteroatoms. The van der Waals surface area contributed by atoms with Gasteiger partial charge in [-0.1, -0.05) is 6.92 Å². The van der Waals surface area contributed by atoms with Crippen molar-refractivity contribution >= 4 is 5.78 Å². The van der Waals surface area contributed by atoms with E-state index in [-0.39, 0.29) is 11.9 Å². The van der Waals surface area contributed by atoms with Crippen LogP contribution in [0.5, 0.6) is 5.75 Å². The molecule has 0 aliphatic carbocycles. The third-order valence-corrected chi connectivity index (χ3v) is 2.35. The van der Waals surface area contributed by atoms with Crippen LogP contribution in [0, 0.1) is 6.92 Å². The van der Waals surface area contributed by atoms with Crippen molar-refractivity contribution in [2.24, 2.45) is 0 Å². The van der Waals surface area contributed by atoms with Gasteiger partial charge < -0.3 is 4.74 Å². The van der Waals surface area contributed by atoms with E-state index in [2.05, 4.69) is 0 Å². The minimum absolute atomic E-state index is 0.164. The maximum absolute atomic E-state index is 11.8. The second kappa shape index (κ2) is 5.69. The number of rotatable bonds is 5. The summed E-state index contributed by atoms with van der Waals surface area (Å²) in [5.74, 6) is 1.05. The molecule has 88 valence electrons. The molecule has 0 N–H and O–H groups in total. The predicted molar refractivity (Wildman–Crippen MR) is 66.2 cm³/mol. The van der Waals surface area contributed by atoms with E-state index in [0.29, 0.717) is 6.42 Å². The molecule has 0 aliphatic heterocycles. The van der Waals surface area contributed by atoms with E-state index in [1.807, 2.05) is 45.9 Å². The topological polar surface area (TPSA) is 26.3 Å². The zero-order chi connectivity index (χ0) is 12.1. The van der Waals surface area contributed by atoms with Gasteiger partial charge in [-0.05, 0) is 51.0 Å². The van der Waals surface area contributed by atoms with Crippen molar-refractivity contribution in [2.75, 3.05) is 0 Å². The molecular formula is C14H20O2. The highest BCUT2D eigenvalue weighted by atomic mass is 16.5. The molecule has 0 heterocycles. The van der Waals surface area contributed by atoms with Crippen molar-refractivity contribution in [3.8, 4) is 5.75 Å². The molecule has 0 spiro atoms. The molecule has 0 unspecified atom stereocenters. The molecule has 16 heavy (non-hydrogen) atoms. The molecule has 0 saturated carbocycles. The number of Topliss-reactive ketones (excluding diaryl/α,β-unsaturated/α-hetero) is 1. The summed E-state index contributed by atoms with van der Waals surface area (Å²) < 4.78 is 5.58. The summed E-state index contributed by atoms with van der Waals surface area (Å²) in [7, 11) is 0. The van der Waals surface area contributed by atoms with Crippen molar-refractivity contribution in [3.63, 3.8) is 0 Å². The van der Waals surface area contributed by atoms with Crippen molar-refractivity contribution in [1.29, 1.82) is 0 Å². The van der Waals surface area contributed by atoms with Crippen molar-refractivity contribution in [3.05, 3.63) is 29.3 Å². The van der Waals surface area contributed by atoms with E-state index in [9.17, 15) is 4.79 Å². The van der Waals surface area contributed by atoms with Gasteiger partial charge in [0.25, 0.3) is 0 Å². The van der Waals surface area contributed by atoms with Crippen LogP contribution in [0.15, 0.2) is 18.2 Å². The Morgan fingerprint density at radius 3 is 2.56 bits per heavy atom. The van der Waals surface area contributed by atoms with E-state index in [1.54, 1.807) is 0 Å². The van der Waals surface area contributed by atoms with Crippen molar-refractivity contribution in [1.82, 2.24) is 0 Å². The summed E-state index contributed by atoms with van der Waals surface area (Å²) in [6, 6.07) is 5.67. The van der Waals surface area contributed by atoms with Gasteiger partial charge in [0.05, 0.1) is 6.10 Å². The number of carbonyl (C=O) groups excluding carboxylic acids is 1. The first kappa shape index (κ1) is 12.8. The lowest BCUT2D eigenvalue weighted by atomic mass is 10.0. The summed E-state index contributed by atoms with van der Waals surface area (Å²) >= 11 is 0. The third kappa shape index (κ3) is 3.37. The Hall–Kier alpha value is -1.31. The number of ether oxygens (including phenoxy) is 1. The molecule has 1 aromatic carbocycles. The van der Waals surface area contributed by atoms with Gasteiger partial charge in [-0.2, -0.15) is 0 Å². The van der Waals surface area contributed by atoms with Crippen LogP contribution in [0.25, 0.3) is 0 Å². The van der Waals surface area contributed by atoms with Gasteiger partial charge in [0.2, 0.25) is 0 Å². The first-order valence-electron chi connectivity index (χ1n) is 5.85. The average Bonchev–Trinajstić information content (AvgIpc) is 2.16. The third-order valence-electron chi connectivity index (χ3n) is 2.35. The number of hydrogen-bond acceptors (Lipinski definition) is 2. The lowest BCUT2D eigenvalue weighted by Gasteiger charge is -2.11. The predicted octanol–water partition coefficient (Wildman–Crippen LogP) is 3.77. The normalized spacial score (nSPS) is 10.6. The van der Waals surface area contributed by atoms with Gasteiger partial charge >= 0.3 is 0 Å². The van der Waals surface area contributed by atoms with Gasteiger partial charge in [-0.3, -0.25) is 4.79 Å². The number of benzene rings is 1. The van der Waals surface area contributed by atoms with E-state index in [4.69, 9.17) is 4.74 Å². The highest BCUT2D eigenvalue weighted by molar-refractivity contribution is 5.97. The summed E-state index contributed by atoms with van der Waals surface area (Å²) in [6.45, 7) is 7.95. The minimum atomic E-state index is 0.164. The molecular weight excluding hydrogens is 200 g/mol. The molecule has 0 saturated heterocycles. The number of aryl methyl sites for hydroxylation is 1. The van der Waals surface area contributed by atoms with Gasteiger partial charge in [-0.15, -0.1) is 0 Å². The number of hydrogen-bond donors (Lipinski definition) is 0. The van der Waals surface area contributed by atoms with Gasteiger partial charge in [0, 0.05) is 12.0 Å². The smallest absolute Gasteiger partial charge is 0.163 e. The van der Waals surface area contributed by atoms with Gasteiger partial charge in [-0.25, -0.2) is 0 Å². The molecule has 2 nitrogen and oxygen atoms in total. The lowest BCUT2D eigenvalue weighted by Crippen LogP contribution is -2.07. The Morgan fingerprint density at radius 2 is 2.06 bits per heavy atom. The Kier molecular flexibility index (Phi) is 4.53. The Labute approximate surface area is 97.6 Å². The molecule has 0 aliphatic rings. The second-order valence-electron chi connectivity index (χ2n) is 4.32. The fraction of sp³-hybridized carbons (Fsp3) is 0.500. The molecule has 1 rings (SSSR count). The number of carbonyl (C=O) groups is 1. The minimum Gasteiger partial charge on any atom is -0.491 e. The molecule has 0 bridgehead atoms. The van der Waals surface area contributed by atoms with Crippen LogP contribution < -0.4 is 4.74 Å². The maximum Gasteiger partial charge on any atom is 0.163 e. The van der Waals surface area contributed by atoms with Crippen LogP contribution in [0.3, 0.4) is 0 Å². The molecule has 0 aromatic heterocycles. The Balaban J connectivity index is 2.87. The summed E-state index contributed by atoms with van der Waals surface area (Å²) in [5.41, 5.74) is 1.81. The zero-order valence-electron chi connectivity index (χ0n) is 10.5. The van der Waals surface area contributed by atoms with E-state index < -0.39 is 0 Å². The largest absolute Gasteiger partial charge is 0.491 e. The highest BCUT2D eigenvalue weighted by Gasteiger charge is 2.09. The van der Waals surface area contributed by atoms with E-state index >= 15 is 0 Å². The Bertz CT molecular complexity index is 367. The van der Waals surface area contributed by atoms with E-state index in [0.717, 1.165) is 23.3 Å². The first-order chi connectivity index (χ1) is 7.54. The summed E-state index contributed by atoms with van der Waals surface area (Å²) in [5, 5.41) is 0. The maximum atomic E-state index is 11.8. The van der Waals surface area contributed by atoms with E-state index in [1.165, 1.54) is 0 Å². The van der Waals surface area contributed by atoms with Crippen LogP contribution in [-0.4, -0.2) is 11.9 Å². The fourth-order valence-electron chi connectivity index (χ4n) is 1.66. The van der Waals surface area contributed by atoms with Crippen LogP contribution in [0.2, 0.25) is 0 Å². The van der Waals surface area contributed by atoms with Crippen LogP contribution in [-0.2, 0) is 0 Å². The van der Waals surface area contributed by atoms with Gasteiger partial charge in [0.15, 0.2) is 5.78 Å². The quantitative estimate of drug-likeness (QED) is 0.706. The SMILES string of the molecule is CCCC(=O)c1ccc(OC(C)C)cc1C. The number of ketones is 1. The lowest BCUT2D eigenvalue weighted by molar-refractivity contribution is 0.0981. The monoisotopic (exact) mass is 220 g/mol. The molecule has 0 fully saturated rings. The molecule has 1 aromatic rings. The van der Waals surface area contributed by atoms with Crippen LogP contribution >= 0.6 is 0 Å².